The molecule has 6 nitrogen and oxygen atoms in total. The molecule has 3 N–H and O–H groups in total. The van der Waals surface area contributed by atoms with Crippen molar-refractivity contribution in [3.63, 3.8) is 0 Å². The highest BCUT2D eigenvalue weighted by Crippen LogP contribution is 2.24. The largest absolute Gasteiger partial charge is 0.414 e. The van der Waals surface area contributed by atoms with Crippen molar-refractivity contribution in [2.24, 2.45) is 5.73 Å². The molecule has 2 aromatic carbocycles. The van der Waals surface area contributed by atoms with Crippen LogP contribution in [0.15, 0.2) is 58.2 Å². The van der Waals surface area contributed by atoms with Gasteiger partial charge in [-0.05, 0) is 36.6 Å². The van der Waals surface area contributed by atoms with Gasteiger partial charge >= 0.3 is 0 Å². The Labute approximate surface area is 166 Å². The summed E-state index contributed by atoms with van der Waals surface area (Å²) in [7, 11) is 0. The molecule has 0 bridgehead atoms. The number of hydrogen-bond donors (Lipinski definition) is 2. The summed E-state index contributed by atoms with van der Waals surface area (Å²) in [6, 6.07) is 14.8. The average molecular weight is 403 g/mol. The number of nitrogens with two attached hydrogens (primary N) is 1. The van der Waals surface area contributed by atoms with Gasteiger partial charge in [0.1, 0.15) is 0 Å². The van der Waals surface area contributed by atoms with E-state index in [-0.39, 0.29) is 11.7 Å². The van der Waals surface area contributed by atoms with E-state index >= 15 is 0 Å². The quantitative estimate of drug-likeness (QED) is 0.580. The summed E-state index contributed by atoms with van der Waals surface area (Å²) >= 11 is 7.22. The molecule has 0 fully saturated rings. The Hall–Kier alpha value is -2.35. The molecule has 3 rings (SSSR count). The number of carbonyl (C=O) groups is 1. The fourth-order valence-electron chi connectivity index (χ4n) is 2.44. The number of aromatic nitrogens is 2. The summed E-state index contributed by atoms with van der Waals surface area (Å²) < 4.78 is 5.58. The van der Waals surface area contributed by atoms with E-state index in [1.54, 1.807) is 18.2 Å². The summed E-state index contributed by atoms with van der Waals surface area (Å²) in [6.45, 7) is 1.85. The lowest BCUT2D eigenvalue weighted by Crippen LogP contribution is -2.14. The number of amides is 1. The molecule has 1 aromatic heterocycles. The summed E-state index contributed by atoms with van der Waals surface area (Å²) in [5, 5.41) is 11.7. The van der Waals surface area contributed by atoms with Gasteiger partial charge in [-0.25, -0.2) is 0 Å². The van der Waals surface area contributed by atoms with Crippen LogP contribution in [0.2, 0.25) is 5.02 Å². The molecule has 0 saturated carbocycles. The van der Waals surface area contributed by atoms with Crippen LogP contribution in [0, 0.1) is 6.92 Å². The smallest absolute Gasteiger partial charge is 0.277 e. The third-order valence-electron chi connectivity index (χ3n) is 3.91. The zero-order chi connectivity index (χ0) is 19.2. The normalized spacial score (nSPS) is 12.0. The van der Waals surface area contributed by atoms with E-state index in [2.05, 4.69) is 15.5 Å². The Bertz CT molecular complexity index is 917. The summed E-state index contributed by atoms with van der Waals surface area (Å²) in [5.41, 5.74) is 8.73. The minimum Gasteiger partial charge on any atom is -0.414 e. The molecule has 8 heteroatoms. The Morgan fingerprint density at radius 1 is 1.22 bits per heavy atom. The highest BCUT2D eigenvalue weighted by molar-refractivity contribution is 7.99. The Morgan fingerprint density at radius 2 is 2.00 bits per heavy atom. The first kappa shape index (κ1) is 19.4. The van der Waals surface area contributed by atoms with Gasteiger partial charge in [-0.3, -0.25) is 4.79 Å². The van der Waals surface area contributed by atoms with Crippen molar-refractivity contribution in [2.45, 2.75) is 24.6 Å². The van der Waals surface area contributed by atoms with Crippen molar-refractivity contribution in [3.8, 4) is 0 Å². The Balaban J connectivity index is 1.53. The molecular weight excluding hydrogens is 384 g/mol. The molecule has 0 aliphatic carbocycles. The lowest BCUT2D eigenvalue weighted by molar-refractivity contribution is -0.113. The molecule has 1 heterocycles. The number of thioether (sulfide) groups is 1. The maximum atomic E-state index is 12.1. The Morgan fingerprint density at radius 3 is 2.78 bits per heavy atom. The van der Waals surface area contributed by atoms with Crippen molar-refractivity contribution in [3.05, 3.63) is 70.6 Å². The van der Waals surface area contributed by atoms with Gasteiger partial charge in [0.25, 0.3) is 5.22 Å². The number of halogens is 1. The van der Waals surface area contributed by atoms with E-state index in [0.29, 0.717) is 28.2 Å². The van der Waals surface area contributed by atoms with Crippen LogP contribution in [0.1, 0.15) is 23.1 Å². The molecule has 140 valence electrons. The predicted octanol–water partition coefficient (Wildman–Crippen LogP) is 4.00. The van der Waals surface area contributed by atoms with Gasteiger partial charge in [0, 0.05) is 10.7 Å². The lowest BCUT2D eigenvalue weighted by Gasteiger charge is -2.08. The minimum atomic E-state index is -0.391. The van der Waals surface area contributed by atoms with E-state index in [9.17, 15) is 4.79 Å². The zero-order valence-electron chi connectivity index (χ0n) is 14.7. The molecule has 0 saturated heterocycles. The fraction of sp³-hybridized carbons (Fsp3) is 0.211. The summed E-state index contributed by atoms with van der Waals surface area (Å²) in [5.74, 6) is 0.313. The van der Waals surface area contributed by atoms with Crippen molar-refractivity contribution in [1.82, 2.24) is 10.2 Å². The SMILES string of the molecule is Cc1c(Cl)cccc1NC(=O)CSc1nnc(C(N)Cc2ccccc2)o1. The van der Waals surface area contributed by atoms with Gasteiger partial charge in [0.15, 0.2) is 0 Å². The molecule has 0 spiro atoms. The van der Waals surface area contributed by atoms with Crippen molar-refractivity contribution in [1.29, 1.82) is 0 Å². The van der Waals surface area contributed by atoms with E-state index in [4.69, 9.17) is 21.8 Å². The second-order valence-corrected chi connectivity index (χ2v) is 7.29. The van der Waals surface area contributed by atoms with Crippen LogP contribution in [0.25, 0.3) is 0 Å². The highest BCUT2D eigenvalue weighted by Gasteiger charge is 2.16. The monoisotopic (exact) mass is 402 g/mol. The molecule has 0 aliphatic heterocycles. The molecule has 1 amide bonds. The maximum Gasteiger partial charge on any atom is 0.277 e. The first-order valence-electron chi connectivity index (χ1n) is 8.33. The number of benzene rings is 2. The molecule has 3 aromatic rings. The van der Waals surface area contributed by atoms with Gasteiger partial charge in [-0.15, -0.1) is 10.2 Å². The van der Waals surface area contributed by atoms with E-state index in [1.807, 2.05) is 37.3 Å². The standard InChI is InChI=1S/C19H19ClN4O2S/c1-12-14(20)8-5-9-16(12)22-17(25)11-27-19-24-23-18(26-19)15(21)10-13-6-3-2-4-7-13/h2-9,15H,10-11,21H2,1H3,(H,22,25). The molecule has 1 atom stereocenters. The number of anilines is 1. The average Bonchev–Trinajstić information content (AvgIpc) is 3.14. The third-order valence-corrected chi connectivity index (χ3v) is 5.13. The van der Waals surface area contributed by atoms with Crippen LogP contribution >= 0.6 is 23.4 Å². The number of nitrogens with zero attached hydrogens (tertiary/aromatic N) is 2. The van der Waals surface area contributed by atoms with Crippen LogP contribution < -0.4 is 11.1 Å². The van der Waals surface area contributed by atoms with Gasteiger partial charge in [0.2, 0.25) is 11.8 Å². The maximum absolute atomic E-state index is 12.1. The Kier molecular flexibility index (Phi) is 6.49. The van der Waals surface area contributed by atoms with E-state index in [1.165, 1.54) is 0 Å². The van der Waals surface area contributed by atoms with Crippen LogP contribution in [-0.2, 0) is 11.2 Å². The molecule has 1 unspecified atom stereocenters. The number of hydrogen-bond acceptors (Lipinski definition) is 6. The van der Waals surface area contributed by atoms with E-state index in [0.717, 1.165) is 22.9 Å². The second-order valence-electron chi connectivity index (χ2n) is 5.95. The number of rotatable bonds is 7. The topological polar surface area (TPSA) is 94.0 Å². The summed E-state index contributed by atoms with van der Waals surface area (Å²) in [6.07, 6.45) is 0.599. The van der Waals surface area contributed by atoms with Gasteiger partial charge in [-0.2, -0.15) is 0 Å². The number of nitrogens with one attached hydrogen (secondary N) is 1. The van der Waals surface area contributed by atoms with Crippen LogP contribution in [0.4, 0.5) is 5.69 Å². The van der Waals surface area contributed by atoms with Gasteiger partial charge in [-0.1, -0.05) is 59.8 Å². The second kappa shape index (κ2) is 9.03. The first-order chi connectivity index (χ1) is 13.0. The van der Waals surface area contributed by atoms with Gasteiger partial charge in [0.05, 0.1) is 11.8 Å². The molecule has 27 heavy (non-hydrogen) atoms. The van der Waals surface area contributed by atoms with Crippen molar-refractivity contribution in [2.75, 3.05) is 11.1 Å². The molecule has 0 aliphatic rings. The number of carbonyl (C=O) groups excluding carboxylic acids is 1. The highest BCUT2D eigenvalue weighted by atomic mass is 35.5. The van der Waals surface area contributed by atoms with E-state index < -0.39 is 6.04 Å². The van der Waals surface area contributed by atoms with Crippen LogP contribution in [-0.4, -0.2) is 21.9 Å². The summed E-state index contributed by atoms with van der Waals surface area (Å²) in [4.78, 5) is 12.1. The third kappa shape index (κ3) is 5.32. The fourth-order valence-corrected chi connectivity index (χ4v) is 3.18. The van der Waals surface area contributed by atoms with Crippen LogP contribution in [0.5, 0.6) is 0 Å². The first-order valence-corrected chi connectivity index (χ1v) is 9.70. The minimum absolute atomic E-state index is 0.140. The van der Waals surface area contributed by atoms with Crippen molar-refractivity contribution >= 4 is 35.0 Å². The van der Waals surface area contributed by atoms with Crippen molar-refractivity contribution < 1.29 is 9.21 Å². The zero-order valence-corrected chi connectivity index (χ0v) is 16.3. The van der Waals surface area contributed by atoms with Crippen LogP contribution in [0.3, 0.4) is 0 Å². The molecular formula is C19H19ClN4O2S. The molecule has 0 radical (unpaired) electrons. The van der Waals surface area contributed by atoms with Gasteiger partial charge < -0.3 is 15.5 Å². The predicted molar refractivity (Wildman–Crippen MR) is 107 cm³/mol. The lowest BCUT2D eigenvalue weighted by atomic mass is 10.1.